The normalized spacial score (nSPS) is 10.9. The number of hydrogen-bond acceptors (Lipinski definition) is 8. The first-order valence-electron chi connectivity index (χ1n) is 6.44. The molecule has 1 amide bonds. The number of carbonyl (C=O) groups is 1. The molecule has 0 atom stereocenters. The summed E-state index contributed by atoms with van der Waals surface area (Å²) in [4.78, 5) is 17.8. The first kappa shape index (κ1) is 14.7. The van der Waals surface area contributed by atoms with E-state index in [9.17, 15) is 4.79 Å². The van der Waals surface area contributed by atoms with Crippen LogP contribution in [-0.4, -0.2) is 36.1 Å². The van der Waals surface area contributed by atoms with E-state index in [1.165, 1.54) is 22.7 Å². The van der Waals surface area contributed by atoms with E-state index < -0.39 is 0 Å². The van der Waals surface area contributed by atoms with Gasteiger partial charge in [0.2, 0.25) is 10.3 Å². The number of nitrogens with one attached hydrogen (secondary N) is 1. The smallest absolute Gasteiger partial charge is 0.279 e. The van der Waals surface area contributed by atoms with E-state index in [0.717, 1.165) is 15.6 Å². The molecule has 0 aromatic carbocycles. The third-order valence-electron chi connectivity index (χ3n) is 3.05. The molecular formula is C12H13N7OS2. The summed E-state index contributed by atoms with van der Waals surface area (Å²) in [5.41, 5.74) is 1.83. The van der Waals surface area contributed by atoms with Crippen LogP contribution in [0.2, 0.25) is 0 Å². The van der Waals surface area contributed by atoms with Crippen molar-refractivity contribution in [3.05, 3.63) is 27.0 Å². The number of nitrogens with zero attached hydrogens (tertiary/aromatic N) is 6. The number of aromatic nitrogens is 6. The highest BCUT2D eigenvalue weighted by atomic mass is 32.1. The first-order chi connectivity index (χ1) is 10.5. The molecule has 3 aromatic heterocycles. The van der Waals surface area contributed by atoms with Crippen molar-refractivity contribution in [1.29, 1.82) is 0 Å². The highest BCUT2D eigenvalue weighted by Gasteiger charge is 2.20. The Morgan fingerprint density at radius 1 is 1.09 bits per heavy atom. The second-order valence-corrected chi connectivity index (χ2v) is 7.02. The van der Waals surface area contributed by atoms with Gasteiger partial charge >= 0.3 is 0 Å². The summed E-state index contributed by atoms with van der Waals surface area (Å²) >= 11 is 2.82. The second-order valence-electron chi connectivity index (χ2n) is 4.65. The lowest BCUT2D eigenvalue weighted by atomic mass is 10.3. The van der Waals surface area contributed by atoms with E-state index in [-0.39, 0.29) is 11.6 Å². The molecule has 0 radical (unpaired) electrons. The zero-order chi connectivity index (χ0) is 15.9. The van der Waals surface area contributed by atoms with Crippen LogP contribution in [-0.2, 0) is 0 Å². The first-order valence-corrected chi connectivity index (χ1v) is 8.07. The number of rotatable bonds is 3. The van der Waals surface area contributed by atoms with Gasteiger partial charge in [-0.15, -0.1) is 15.3 Å². The minimum atomic E-state index is -0.357. The van der Waals surface area contributed by atoms with Gasteiger partial charge in [0.15, 0.2) is 5.69 Å². The Morgan fingerprint density at radius 3 is 2.45 bits per heavy atom. The molecular weight excluding hydrogens is 322 g/mol. The molecule has 22 heavy (non-hydrogen) atoms. The Hall–Kier alpha value is -2.20. The van der Waals surface area contributed by atoms with Crippen LogP contribution in [0.3, 0.4) is 0 Å². The number of thiazole rings is 1. The van der Waals surface area contributed by atoms with Crippen molar-refractivity contribution < 1.29 is 4.79 Å². The lowest BCUT2D eigenvalue weighted by molar-refractivity contribution is 0.102. The van der Waals surface area contributed by atoms with Gasteiger partial charge in [0.1, 0.15) is 5.01 Å². The maximum absolute atomic E-state index is 12.3. The van der Waals surface area contributed by atoms with Gasteiger partial charge in [-0.05, 0) is 27.7 Å². The third kappa shape index (κ3) is 2.62. The van der Waals surface area contributed by atoms with Gasteiger partial charge < -0.3 is 0 Å². The Morgan fingerprint density at radius 2 is 1.86 bits per heavy atom. The van der Waals surface area contributed by atoms with Gasteiger partial charge in [0.25, 0.3) is 5.91 Å². The number of carbonyl (C=O) groups excluding carboxylic acids is 1. The summed E-state index contributed by atoms with van der Waals surface area (Å²) in [6.07, 6.45) is 0. The molecule has 1 N–H and O–H groups in total. The molecule has 0 saturated carbocycles. The highest BCUT2D eigenvalue weighted by molar-refractivity contribution is 7.15. The monoisotopic (exact) mass is 335 g/mol. The van der Waals surface area contributed by atoms with Crippen molar-refractivity contribution in [2.45, 2.75) is 27.7 Å². The fraction of sp³-hybridized carbons (Fsp3) is 0.333. The van der Waals surface area contributed by atoms with E-state index in [1.54, 1.807) is 11.6 Å². The summed E-state index contributed by atoms with van der Waals surface area (Å²) in [5.74, 6) is -0.357. The molecule has 0 spiro atoms. The quantitative estimate of drug-likeness (QED) is 0.786. The lowest BCUT2D eigenvalue weighted by Gasteiger charge is -1.99. The van der Waals surface area contributed by atoms with Gasteiger partial charge in [-0.25, -0.2) is 4.98 Å². The van der Waals surface area contributed by atoms with Crippen LogP contribution < -0.4 is 5.32 Å². The number of anilines is 1. The fourth-order valence-corrected chi connectivity index (χ4v) is 3.27. The Bertz CT molecular complexity index is 828. The summed E-state index contributed by atoms with van der Waals surface area (Å²) in [7, 11) is 0. The molecule has 0 aliphatic heterocycles. The van der Waals surface area contributed by atoms with Crippen molar-refractivity contribution in [3.63, 3.8) is 0 Å². The fourth-order valence-electron chi connectivity index (χ4n) is 1.77. The predicted octanol–water partition coefficient (Wildman–Crippen LogP) is 2.06. The lowest BCUT2D eigenvalue weighted by Crippen LogP contribution is -2.14. The summed E-state index contributed by atoms with van der Waals surface area (Å²) in [5, 5.41) is 20.3. The Kier molecular flexibility index (Phi) is 3.71. The molecule has 0 aliphatic rings. The summed E-state index contributed by atoms with van der Waals surface area (Å²) < 4.78 is 1.57. The SMILES string of the molecule is Cc1nnc(NC(=O)c2nnn(-c3nc(C)c(C)s3)c2C)s1. The molecule has 0 aliphatic carbocycles. The average Bonchev–Trinajstić information content (AvgIpc) is 3.11. The summed E-state index contributed by atoms with van der Waals surface area (Å²) in [6.45, 7) is 7.54. The third-order valence-corrected chi connectivity index (χ3v) is 4.86. The van der Waals surface area contributed by atoms with Crippen LogP contribution >= 0.6 is 22.7 Å². The van der Waals surface area contributed by atoms with Crippen LogP contribution in [0.25, 0.3) is 5.13 Å². The minimum Gasteiger partial charge on any atom is -0.295 e. The van der Waals surface area contributed by atoms with Gasteiger partial charge in [-0.1, -0.05) is 27.9 Å². The maximum atomic E-state index is 12.3. The van der Waals surface area contributed by atoms with E-state index in [2.05, 4.69) is 30.8 Å². The van der Waals surface area contributed by atoms with Crippen LogP contribution in [0.1, 0.15) is 31.8 Å². The largest absolute Gasteiger partial charge is 0.295 e. The highest BCUT2D eigenvalue weighted by Crippen LogP contribution is 2.22. The molecule has 3 heterocycles. The Balaban J connectivity index is 1.88. The number of hydrogen-bond donors (Lipinski definition) is 1. The molecule has 114 valence electrons. The molecule has 0 bridgehead atoms. The molecule has 0 unspecified atom stereocenters. The van der Waals surface area contributed by atoms with Crippen molar-refractivity contribution in [1.82, 2.24) is 30.2 Å². The van der Waals surface area contributed by atoms with Crippen molar-refractivity contribution >= 4 is 33.7 Å². The Labute approximate surface area is 134 Å². The summed E-state index contributed by atoms with van der Waals surface area (Å²) in [6, 6.07) is 0. The standard InChI is InChI=1S/C12H13N7OS2/c1-5-7(3)21-12(13-5)19-6(2)9(16-18-19)10(20)14-11-17-15-8(4)22-11/h1-4H3,(H,14,17,20). The molecule has 0 saturated heterocycles. The van der Waals surface area contributed by atoms with Crippen LogP contribution in [0.15, 0.2) is 0 Å². The number of aryl methyl sites for hydroxylation is 3. The molecule has 3 aromatic rings. The van der Waals surface area contributed by atoms with Crippen molar-refractivity contribution in [2.24, 2.45) is 0 Å². The molecule has 8 nitrogen and oxygen atoms in total. The van der Waals surface area contributed by atoms with Gasteiger partial charge in [-0.2, -0.15) is 4.68 Å². The van der Waals surface area contributed by atoms with Crippen LogP contribution in [0.4, 0.5) is 5.13 Å². The van der Waals surface area contributed by atoms with Gasteiger partial charge in [0, 0.05) is 4.88 Å². The van der Waals surface area contributed by atoms with Crippen LogP contribution in [0, 0.1) is 27.7 Å². The second kappa shape index (κ2) is 5.54. The van der Waals surface area contributed by atoms with E-state index in [1.807, 2.05) is 20.8 Å². The van der Waals surface area contributed by atoms with Gasteiger partial charge in [-0.3, -0.25) is 10.1 Å². The molecule has 0 fully saturated rings. The van der Waals surface area contributed by atoms with E-state index >= 15 is 0 Å². The maximum Gasteiger partial charge on any atom is 0.279 e. The van der Waals surface area contributed by atoms with Gasteiger partial charge in [0.05, 0.1) is 11.4 Å². The average molecular weight is 335 g/mol. The van der Waals surface area contributed by atoms with Crippen molar-refractivity contribution in [2.75, 3.05) is 5.32 Å². The molecule has 10 heteroatoms. The zero-order valence-electron chi connectivity index (χ0n) is 12.4. The number of amides is 1. The topological polar surface area (TPSA) is 98.5 Å². The van der Waals surface area contributed by atoms with Crippen LogP contribution in [0.5, 0.6) is 0 Å². The van der Waals surface area contributed by atoms with E-state index in [0.29, 0.717) is 16.0 Å². The van der Waals surface area contributed by atoms with E-state index in [4.69, 9.17) is 0 Å². The van der Waals surface area contributed by atoms with Crippen molar-refractivity contribution in [3.8, 4) is 5.13 Å². The zero-order valence-corrected chi connectivity index (χ0v) is 14.0. The molecule has 3 rings (SSSR count). The predicted molar refractivity (Wildman–Crippen MR) is 83.8 cm³/mol. The minimum absolute atomic E-state index is 0.248.